The first kappa shape index (κ1) is 25.4. The number of carbonyl (C=O) groups is 1. The van der Waals surface area contributed by atoms with Crippen molar-refractivity contribution in [3.63, 3.8) is 0 Å². The molecule has 2 saturated carbocycles. The van der Waals surface area contributed by atoms with E-state index in [2.05, 4.69) is 6.92 Å². The maximum Gasteiger partial charge on any atom is 0.343 e. The van der Waals surface area contributed by atoms with Gasteiger partial charge in [0.05, 0.1) is 11.1 Å². The van der Waals surface area contributed by atoms with Gasteiger partial charge in [-0.2, -0.15) is 5.26 Å². The van der Waals surface area contributed by atoms with Crippen LogP contribution in [-0.4, -0.2) is 5.97 Å². The first-order valence-corrected chi connectivity index (χ1v) is 13.2. The highest BCUT2D eigenvalue weighted by Gasteiger charge is 2.36. The summed E-state index contributed by atoms with van der Waals surface area (Å²) in [5.41, 5.74) is 0.648. The lowest BCUT2D eigenvalue weighted by molar-refractivity contribution is 0.0733. The van der Waals surface area contributed by atoms with Crippen molar-refractivity contribution in [1.82, 2.24) is 0 Å². The smallest absolute Gasteiger partial charge is 0.343 e. The molecule has 0 radical (unpaired) electrons. The third-order valence-corrected chi connectivity index (χ3v) is 8.14. The third-order valence-electron chi connectivity index (χ3n) is 8.14. The van der Waals surface area contributed by atoms with Crippen molar-refractivity contribution in [2.75, 3.05) is 0 Å². The molecule has 0 heterocycles. The summed E-state index contributed by atoms with van der Waals surface area (Å²) in [5, 5.41) is 8.82. The van der Waals surface area contributed by atoms with Crippen LogP contribution in [0.5, 0.6) is 5.75 Å². The summed E-state index contributed by atoms with van der Waals surface area (Å²) in [4.78, 5) is 12.5. The summed E-state index contributed by atoms with van der Waals surface area (Å²) >= 11 is 0. The maximum atomic E-state index is 15.1. The number of esters is 1. The Hall–Kier alpha value is -2.74. The predicted molar refractivity (Wildman–Crippen MR) is 132 cm³/mol. The van der Waals surface area contributed by atoms with Crippen LogP contribution < -0.4 is 4.74 Å². The van der Waals surface area contributed by atoms with E-state index in [0.29, 0.717) is 11.5 Å². The summed E-state index contributed by atoms with van der Waals surface area (Å²) in [7, 11) is 0. The first-order chi connectivity index (χ1) is 17.0. The van der Waals surface area contributed by atoms with Crippen LogP contribution in [0.2, 0.25) is 0 Å². The van der Waals surface area contributed by atoms with Crippen LogP contribution in [0.25, 0.3) is 0 Å². The number of unbranched alkanes of at least 4 members (excludes halogenated alkanes) is 3. The molecule has 186 valence electrons. The van der Waals surface area contributed by atoms with E-state index in [-0.39, 0.29) is 28.6 Å². The van der Waals surface area contributed by atoms with E-state index < -0.39 is 11.8 Å². The first-order valence-electron chi connectivity index (χ1n) is 13.2. The van der Waals surface area contributed by atoms with Crippen LogP contribution >= 0.6 is 0 Å². The monoisotopic (exact) mass is 479 g/mol. The molecule has 5 heteroatoms. The van der Waals surface area contributed by atoms with Crippen molar-refractivity contribution in [3.8, 4) is 11.8 Å². The fraction of sp³-hybridized carbons (Fsp3) is 0.533. The van der Waals surface area contributed by atoms with E-state index in [1.54, 1.807) is 18.2 Å². The van der Waals surface area contributed by atoms with Gasteiger partial charge in [0.1, 0.15) is 23.5 Å². The lowest BCUT2D eigenvalue weighted by Gasteiger charge is -2.42. The number of fused-ring (bicyclic) bond motifs is 1. The summed E-state index contributed by atoms with van der Waals surface area (Å²) < 4.78 is 34.0. The van der Waals surface area contributed by atoms with Crippen LogP contribution in [0.4, 0.5) is 8.78 Å². The molecular weight excluding hydrogens is 444 g/mol. The molecule has 1 unspecified atom stereocenters. The molecule has 4 rings (SSSR count). The van der Waals surface area contributed by atoms with E-state index in [1.807, 2.05) is 0 Å². The van der Waals surface area contributed by atoms with Crippen LogP contribution in [0.1, 0.15) is 105 Å². The molecule has 35 heavy (non-hydrogen) atoms. The Kier molecular flexibility index (Phi) is 8.55. The Labute approximate surface area is 207 Å². The summed E-state index contributed by atoms with van der Waals surface area (Å²) in [6, 6.07) is 9.85. The van der Waals surface area contributed by atoms with Gasteiger partial charge in [-0.25, -0.2) is 13.6 Å². The van der Waals surface area contributed by atoms with Gasteiger partial charge in [0, 0.05) is 6.07 Å². The molecule has 0 aliphatic heterocycles. The van der Waals surface area contributed by atoms with Crippen LogP contribution in [0, 0.1) is 40.7 Å². The van der Waals surface area contributed by atoms with E-state index in [0.717, 1.165) is 37.2 Å². The molecule has 2 fully saturated rings. The fourth-order valence-electron chi connectivity index (χ4n) is 6.19. The number of rotatable bonds is 8. The Balaban J connectivity index is 1.33. The highest BCUT2D eigenvalue weighted by Crippen LogP contribution is 2.48. The van der Waals surface area contributed by atoms with E-state index in [9.17, 15) is 9.18 Å². The van der Waals surface area contributed by atoms with Crippen LogP contribution in [-0.2, 0) is 0 Å². The van der Waals surface area contributed by atoms with Gasteiger partial charge in [0.15, 0.2) is 0 Å². The molecule has 0 aromatic heterocycles. The highest BCUT2D eigenvalue weighted by molar-refractivity contribution is 5.91. The van der Waals surface area contributed by atoms with Crippen molar-refractivity contribution in [3.05, 3.63) is 64.7 Å². The van der Waals surface area contributed by atoms with E-state index in [4.69, 9.17) is 10.00 Å². The average Bonchev–Trinajstić information content (AvgIpc) is 2.86. The molecule has 0 spiro atoms. The largest absolute Gasteiger partial charge is 0.423 e. The maximum absolute atomic E-state index is 15.1. The summed E-state index contributed by atoms with van der Waals surface area (Å²) in [6.07, 6.45) is 13.8. The van der Waals surface area contributed by atoms with Crippen molar-refractivity contribution in [2.24, 2.45) is 17.8 Å². The van der Waals surface area contributed by atoms with Crippen LogP contribution in [0.15, 0.2) is 36.4 Å². The normalized spacial score (nSPS) is 23.8. The van der Waals surface area contributed by atoms with Crippen LogP contribution in [0.3, 0.4) is 0 Å². The number of benzene rings is 2. The Bertz CT molecular complexity index is 1080. The van der Waals surface area contributed by atoms with Crippen molar-refractivity contribution in [1.29, 1.82) is 5.26 Å². The van der Waals surface area contributed by atoms with Gasteiger partial charge in [-0.15, -0.1) is 0 Å². The molecule has 4 atom stereocenters. The molecule has 0 N–H and O–H groups in total. The Morgan fingerprint density at radius 3 is 2.51 bits per heavy atom. The zero-order valence-corrected chi connectivity index (χ0v) is 20.6. The van der Waals surface area contributed by atoms with Gasteiger partial charge in [0.2, 0.25) is 0 Å². The van der Waals surface area contributed by atoms with Gasteiger partial charge < -0.3 is 4.74 Å². The lowest BCUT2D eigenvalue weighted by Crippen LogP contribution is -2.30. The molecule has 0 amide bonds. The van der Waals surface area contributed by atoms with Gasteiger partial charge in [-0.3, -0.25) is 0 Å². The molecule has 2 aromatic carbocycles. The molecule has 0 bridgehead atoms. The topological polar surface area (TPSA) is 50.1 Å². The summed E-state index contributed by atoms with van der Waals surface area (Å²) in [6.45, 7) is 2.26. The number of halogens is 2. The minimum Gasteiger partial charge on any atom is -0.423 e. The molecule has 2 aliphatic carbocycles. The fourth-order valence-corrected chi connectivity index (χ4v) is 6.19. The second-order valence-corrected chi connectivity index (χ2v) is 10.4. The highest BCUT2D eigenvalue weighted by atomic mass is 19.1. The van der Waals surface area contributed by atoms with Crippen molar-refractivity contribution in [2.45, 2.75) is 83.5 Å². The number of nitrogens with zero attached hydrogens (tertiary/aromatic N) is 1. The SMILES string of the molecule is CCCCCC[C@H]1CC[C@@H]2CC(c3ccc(C(=O)Oc4ccc(C#N)c(F)c4)cc3F)CC[C@H]2C1. The standard InChI is InChI=1S/C30H35F2NO2/c1-2-3-4-5-6-20-7-8-22-16-23(10-9-21(22)15-20)27-14-12-24(17-29(27)32)30(34)35-26-13-11-25(19-33)28(31)18-26/h11-14,17-18,20-23H,2-10,15-16H2,1H3/t20-,21-,22+,23?/m0/s1. The predicted octanol–water partition coefficient (Wildman–Crippen LogP) is 8.33. The number of ether oxygens (including phenoxy) is 1. The minimum absolute atomic E-state index is 0.0183. The quantitative estimate of drug-likeness (QED) is 0.217. The minimum atomic E-state index is -0.763. The number of carbonyl (C=O) groups excluding carboxylic acids is 1. The zero-order valence-electron chi connectivity index (χ0n) is 20.6. The van der Waals surface area contributed by atoms with E-state index >= 15 is 4.39 Å². The second-order valence-electron chi connectivity index (χ2n) is 10.4. The van der Waals surface area contributed by atoms with Crippen molar-refractivity contribution < 1.29 is 18.3 Å². The Morgan fingerprint density at radius 1 is 0.971 bits per heavy atom. The molecule has 2 aliphatic rings. The Morgan fingerprint density at radius 2 is 1.77 bits per heavy atom. The van der Waals surface area contributed by atoms with E-state index in [1.165, 1.54) is 69.6 Å². The molecular formula is C30H35F2NO2. The second kappa shape index (κ2) is 11.8. The van der Waals surface area contributed by atoms with Crippen molar-refractivity contribution >= 4 is 5.97 Å². The molecule has 3 nitrogen and oxygen atoms in total. The number of hydrogen-bond acceptors (Lipinski definition) is 3. The number of hydrogen-bond donors (Lipinski definition) is 0. The molecule has 2 aromatic rings. The van der Waals surface area contributed by atoms with Gasteiger partial charge in [-0.05, 0) is 85.6 Å². The van der Waals surface area contributed by atoms with Gasteiger partial charge in [-0.1, -0.05) is 51.5 Å². The van der Waals surface area contributed by atoms with Gasteiger partial charge in [0.25, 0.3) is 0 Å². The van der Waals surface area contributed by atoms with Gasteiger partial charge >= 0.3 is 5.97 Å². The zero-order chi connectivity index (χ0) is 24.8. The summed E-state index contributed by atoms with van der Waals surface area (Å²) in [5.74, 6) is 0.610. The average molecular weight is 480 g/mol. The third kappa shape index (κ3) is 6.28. The lowest BCUT2D eigenvalue weighted by atomic mass is 9.63. The number of nitriles is 1. The molecule has 0 saturated heterocycles.